The summed E-state index contributed by atoms with van der Waals surface area (Å²) in [5.41, 5.74) is 5.49. The van der Waals surface area contributed by atoms with Crippen LogP contribution in [0.25, 0.3) is 11.1 Å². The van der Waals surface area contributed by atoms with Crippen molar-refractivity contribution in [3.05, 3.63) is 53.6 Å². The van der Waals surface area contributed by atoms with E-state index in [0.717, 1.165) is 48.9 Å². The first-order chi connectivity index (χ1) is 14.2. The highest BCUT2D eigenvalue weighted by Crippen LogP contribution is 2.28. The number of anilines is 1. The van der Waals surface area contributed by atoms with E-state index in [1.165, 1.54) is 37.2 Å². The van der Waals surface area contributed by atoms with Crippen LogP contribution < -0.4 is 10.2 Å². The number of nitrogens with zero attached hydrogens (tertiary/aromatic N) is 3. The first kappa shape index (κ1) is 18.6. The number of benzene rings is 2. The van der Waals surface area contributed by atoms with Crippen LogP contribution in [-0.2, 0) is 6.54 Å². The molecule has 0 atom stereocenters. The second kappa shape index (κ2) is 7.81. The third-order valence-electron chi connectivity index (χ3n) is 6.88. The molecule has 5 rings (SSSR count). The van der Waals surface area contributed by atoms with Crippen LogP contribution in [0.3, 0.4) is 0 Å². The Balaban J connectivity index is 1.22. The Morgan fingerprint density at radius 2 is 1.55 bits per heavy atom. The molecule has 29 heavy (non-hydrogen) atoms. The Hall–Kier alpha value is -2.37. The molecule has 0 spiro atoms. The van der Waals surface area contributed by atoms with Crippen molar-refractivity contribution in [2.45, 2.75) is 25.4 Å². The molecule has 0 aromatic heterocycles. The van der Waals surface area contributed by atoms with E-state index in [2.05, 4.69) is 63.5 Å². The van der Waals surface area contributed by atoms with Crippen LogP contribution in [0.15, 0.2) is 42.5 Å². The van der Waals surface area contributed by atoms with E-state index in [4.69, 9.17) is 0 Å². The summed E-state index contributed by atoms with van der Waals surface area (Å²) in [7, 11) is 2.23. The molecule has 3 aliphatic rings. The highest BCUT2D eigenvalue weighted by Gasteiger charge is 2.26. The Bertz CT molecular complexity index is 878. The molecule has 0 bridgehead atoms. The molecule has 152 valence electrons. The summed E-state index contributed by atoms with van der Waals surface area (Å²) in [5.74, 6) is 0.0425. The van der Waals surface area contributed by atoms with E-state index in [1.807, 2.05) is 6.07 Å². The van der Waals surface area contributed by atoms with E-state index in [0.29, 0.717) is 6.54 Å². The molecule has 2 aromatic rings. The van der Waals surface area contributed by atoms with Crippen LogP contribution in [0.4, 0.5) is 5.69 Å². The SMILES string of the molecule is CN1CCC(N2CCN(c3ccc(-c4ccc5c(c4)C(=O)NC5)cc3)CC2)CC1. The fourth-order valence-corrected chi connectivity index (χ4v) is 4.96. The summed E-state index contributed by atoms with van der Waals surface area (Å²) in [4.78, 5) is 19.6. The van der Waals surface area contributed by atoms with Crippen LogP contribution in [0.5, 0.6) is 0 Å². The van der Waals surface area contributed by atoms with Gasteiger partial charge in [0.15, 0.2) is 0 Å². The number of carbonyl (C=O) groups is 1. The average Bonchev–Trinajstić information content (AvgIpc) is 3.15. The van der Waals surface area contributed by atoms with Gasteiger partial charge < -0.3 is 15.1 Å². The van der Waals surface area contributed by atoms with Gasteiger partial charge in [0.05, 0.1) is 0 Å². The van der Waals surface area contributed by atoms with Gasteiger partial charge in [-0.1, -0.05) is 24.3 Å². The van der Waals surface area contributed by atoms with Crippen LogP contribution in [0.1, 0.15) is 28.8 Å². The zero-order valence-electron chi connectivity index (χ0n) is 17.2. The van der Waals surface area contributed by atoms with E-state index >= 15 is 0 Å². The van der Waals surface area contributed by atoms with Crippen LogP contribution in [0, 0.1) is 0 Å². The fourth-order valence-electron chi connectivity index (χ4n) is 4.96. The quantitative estimate of drug-likeness (QED) is 0.875. The summed E-state index contributed by atoms with van der Waals surface area (Å²) in [6.07, 6.45) is 2.62. The maximum Gasteiger partial charge on any atom is 0.251 e. The summed E-state index contributed by atoms with van der Waals surface area (Å²) >= 11 is 0. The van der Waals surface area contributed by atoms with Crippen LogP contribution >= 0.6 is 0 Å². The van der Waals surface area contributed by atoms with Gasteiger partial charge in [-0.05, 0) is 67.9 Å². The van der Waals surface area contributed by atoms with E-state index in [-0.39, 0.29) is 5.91 Å². The number of hydrogen-bond acceptors (Lipinski definition) is 4. The Morgan fingerprint density at radius 1 is 0.862 bits per heavy atom. The first-order valence-corrected chi connectivity index (χ1v) is 10.9. The zero-order valence-corrected chi connectivity index (χ0v) is 17.2. The lowest BCUT2D eigenvalue weighted by Crippen LogP contribution is -2.52. The van der Waals surface area contributed by atoms with Crippen molar-refractivity contribution in [2.75, 3.05) is 51.2 Å². The summed E-state index contributed by atoms with van der Waals surface area (Å²) in [6, 6.07) is 15.8. The summed E-state index contributed by atoms with van der Waals surface area (Å²) < 4.78 is 0. The third kappa shape index (κ3) is 3.77. The number of piperazine rings is 1. The molecule has 2 aromatic carbocycles. The maximum atomic E-state index is 11.9. The number of hydrogen-bond donors (Lipinski definition) is 1. The number of nitrogens with one attached hydrogen (secondary N) is 1. The van der Waals surface area contributed by atoms with Crippen molar-refractivity contribution >= 4 is 11.6 Å². The molecule has 0 unspecified atom stereocenters. The third-order valence-corrected chi connectivity index (χ3v) is 6.88. The lowest BCUT2D eigenvalue weighted by molar-refractivity contribution is 0.0966. The summed E-state index contributed by atoms with van der Waals surface area (Å²) in [6.45, 7) is 7.64. The smallest absolute Gasteiger partial charge is 0.251 e. The Morgan fingerprint density at radius 3 is 2.28 bits per heavy atom. The highest BCUT2D eigenvalue weighted by atomic mass is 16.1. The van der Waals surface area contributed by atoms with Gasteiger partial charge in [-0.3, -0.25) is 9.69 Å². The number of amides is 1. The Kier molecular flexibility index (Phi) is 5.02. The van der Waals surface area contributed by atoms with E-state index in [1.54, 1.807) is 0 Å². The topological polar surface area (TPSA) is 38.8 Å². The predicted octanol–water partition coefficient (Wildman–Crippen LogP) is 2.81. The molecule has 2 fully saturated rings. The highest BCUT2D eigenvalue weighted by molar-refractivity contribution is 5.99. The molecular weight excluding hydrogens is 360 g/mol. The van der Waals surface area contributed by atoms with Crippen molar-refractivity contribution in [1.82, 2.24) is 15.1 Å². The molecule has 5 nitrogen and oxygen atoms in total. The van der Waals surface area contributed by atoms with Gasteiger partial charge in [0.2, 0.25) is 0 Å². The van der Waals surface area contributed by atoms with E-state index < -0.39 is 0 Å². The van der Waals surface area contributed by atoms with Crippen molar-refractivity contribution in [3.63, 3.8) is 0 Å². The number of piperidine rings is 1. The van der Waals surface area contributed by atoms with Crippen LogP contribution in [-0.4, -0.2) is 68.1 Å². The number of fused-ring (bicyclic) bond motifs is 1. The largest absolute Gasteiger partial charge is 0.369 e. The predicted molar refractivity (Wildman–Crippen MR) is 117 cm³/mol. The van der Waals surface area contributed by atoms with E-state index in [9.17, 15) is 4.79 Å². The van der Waals surface area contributed by atoms with Crippen molar-refractivity contribution in [2.24, 2.45) is 0 Å². The minimum absolute atomic E-state index is 0.0425. The van der Waals surface area contributed by atoms with Gasteiger partial charge in [-0.25, -0.2) is 0 Å². The average molecular weight is 391 g/mol. The first-order valence-electron chi connectivity index (χ1n) is 10.9. The lowest BCUT2D eigenvalue weighted by Gasteiger charge is -2.42. The maximum absolute atomic E-state index is 11.9. The normalized spacial score (nSPS) is 21.3. The van der Waals surface area contributed by atoms with Crippen molar-refractivity contribution in [1.29, 1.82) is 0 Å². The molecule has 0 saturated carbocycles. The summed E-state index contributed by atoms with van der Waals surface area (Å²) in [5, 5.41) is 2.89. The van der Waals surface area contributed by atoms with Crippen LogP contribution in [0.2, 0.25) is 0 Å². The zero-order chi connectivity index (χ0) is 19.8. The minimum atomic E-state index is 0.0425. The lowest BCUT2D eigenvalue weighted by atomic mass is 10.00. The molecule has 1 amide bonds. The van der Waals surface area contributed by atoms with Gasteiger partial charge in [-0.15, -0.1) is 0 Å². The van der Waals surface area contributed by atoms with Gasteiger partial charge >= 0.3 is 0 Å². The molecule has 3 heterocycles. The molecular formula is C24H30N4O. The molecule has 3 aliphatic heterocycles. The molecule has 0 aliphatic carbocycles. The minimum Gasteiger partial charge on any atom is -0.369 e. The number of likely N-dealkylation sites (tertiary alicyclic amines) is 1. The van der Waals surface area contributed by atoms with Gasteiger partial charge in [0, 0.05) is 50.0 Å². The van der Waals surface area contributed by atoms with Crippen molar-refractivity contribution < 1.29 is 4.79 Å². The molecule has 5 heteroatoms. The van der Waals surface area contributed by atoms with Gasteiger partial charge in [-0.2, -0.15) is 0 Å². The number of rotatable bonds is 3. The molecule has 2 saturated heterocycles. The van der Waals surface area contributed by atoms with Crippen molar-refractivity contribution in [3.8, 4) is 11.1 Å². The second-order valence-corrected chi connectivity index (χ2v) is 8.66. The van der Waals surface area contributed by atoms with Gasteiger partial charge in [0.25, 0.3) is 5.91 Å². The Labute approximate surface area is 173 Å². The molecule has 1 N–H and O–H groups in total. The fraction of sp³-hybridized carbons (Fsp3) is 0.458. The monoisotopic (exact) mass is 390 g/mol. The van der Waals surface area contributed by atoms with Gasteiger partial charge in [0.1, 0.15) is 0 Å². The second-order valence-electron chi connectivity index (χ2n) is 8.66. The number of carbonyl (C=O) groups excluding carboxylic acids is 1. The standard InChI is InChI=1S/C24H30N4O/c1-26-10-8-22(9-11-26)28-14-12-27(13-15-28)21-6-4-18(5-7-21)19-2-3-20-17-25-24(29)23(20)16-19/h2-7,16,22H,8-15,17H2,1H3,(H,25,29). The molecule has 0 radical (unpaired) electrons.